The molecule has 0 aliphatic carbocycles. The van der Waals surface area contributed by atoms with Crippen molar-refractivity contribution in [3.63, 3.8) is 0 Å². The molecule has 2 nitrogen and oxygen atoms in total. The van der Waals surface area contributed by atoms with E-state index in [1.165, 1.54) is 5.56 Å². The van der Waals surface area contributed by atoms with Crippen LogP contribution < -0.4 is 5.32 Å². The van der Waals surface area contributed by atoms with Gasteiger partial charge in [0.2, 0.25) is 0 Å². The van der Waals surface area contributed by atoms with Crippen molar-refractivity contribution in [3.8, 4) is 0 Å². The first-order valence-electron chi connectivity index (χ1n) is 6.02. The Morgan fingerprint density at radius 2 is 1.82 bits per heavy atom. The molecule has 2 heteroatoms. The summed E-state index contributed by atoms with van der Waals surface area (Å²) < 4.78 is 0. The fourth-order valence-corrected chi connectivity index (χ4v) is 1.79. The third-order valence-electron chi connectivity index (χ3n) is 2.74. The molecule has 1 atom stereocenters. The minimum absolute atomic E-state index is 0.435. The summed E-state index contributed by atoms with van der Waals surface area (Å²) in [6.45, 7) is 3.10. The molecule has 2 rings (SSSR count). The number of aromatic nitrogens is 1. The van der Waals surface area contributed by atoms with Crippen molar-refractivity contribution in [1.29, 1.82) is 0 Å². The van der Waals surface area contributed by atoms with Gasteiger partial charge in [0.25, 0.3) is 0 Å². The summed E-state index contributed by atoms with van der Waals surface area (Å²) >= 11 is 0. The van der Waals surface area contributed by atoms with Gasteiger partial charge < -0.3 is 5.32 Å². The number of rotatable bonds is 5. The highest BCUT2D eigenvalue weighted by Crippen LogP contribution is 2.02. The molecular formula is C15H18N2. The van der Waals surface area contributed by atoms with Gasteiger partial charge in [-0.05, 0) is 24.6 Å². The summed E-state index contributed by atoms with van der Waals surface area (Å²) in [6, 6.07) is 17.0. The molecule has 1 aromatic carbocycles. The zero-order valence-corrected chi connectivity index (χ0v) is 10.1. The second kappa shape index (κ2) is 6.16. The molecule has 0 amide bonds. The van der Waals surface area contributed by atoms with Gasteiger partial charge in [-0.2, -0.15) is 0 Å². The Morgan fingerprint density at radius 1 is 1.06 bits per heavy atom. The van der Waals surface area contributed by atoms with E-state index in [9.17, 15) is 0 Å². The van der Waals surface area contributed by atoms with Crippen LogP contribution in [0.25, 0.3) is 0 Å². The molecule has 1 aromatic heterocycles. The predicted octanol–water partition coefficient (Wildman–Crippen LogP) is 2.80. The highest BCUT2D eigenvalue weighted by molar-refractivity contribution is 5.14. The predicted molar refractivity (Wildman–Crippen MR) is 70.7 cm³/mol. The van der Waals surface area contributed by atoms with Crippen molar-refractivity contribution in [2.45, 2.75) is 25.9 Å². The average Bonchev–Trinajstić information content (AvgIpc) is 2.39. The smallest absolute Gasteiger partial charge is 0.0419 e. The Morgan fingerprint density at radius 3 is 2.53 bits per heavy atom. The van der Waals surface area contributed by atoms with Gasteiger partial charge in [-0.25, -0.2) is 0 Å². The minimum atomic E-state index is 0.435. The maximum atomic E-state index is 4.33. The van der Waals surface area contributed by atoms with E-state index in [2.05, 4.69) is 47.6 Å². The Labute approximate surface area is 103 Å². The summed E-state index contributed by atoms with van der Waals surface area (Å²) in [4.78, 5) is 4.33. The lowest BCUT2D eigenvalue weighted by atomic mass is 10.1. The van der Waals surface area contributed by atoms with Gasteiger partial charge in [0.05, 0.1) is 0 Å². The molecule has 1 N–H and O–H groups in total. The lowest BCUT2D eigenvalue weighted by Crippen LogP contribution is -2.27. The van der Waals surface area contributed by atoms with Crippen LogP contribution in [0.4, 0.5) is 0 Å². The molecule has 0 fully saturated rings. The minimum Gasteiger partial charge on any atom is -0.310 e. The molecule has 0 unspecified atom stereocenters. The van der Waals surface area contributed by atoms with Crippen LogP contribution in [0, 0.1) is 0 Å². The van der Waals surface area contributed by atoms with Gasteiger partial charge in [-0.3, -0.25) is 4.98 Å². The standard InChI is InChI=1S/C15H18N2/c1-13(11-15-9-5-6-10-16-15)17-12-14-7-3-2-4-8-14/h2-10,13,17H,11-12H2,1H3/t13-/m0/s1. The first-order chi connectivity index (χ1) is 8.34. The van der Waals surface area contributed by atoms with E-state index in [1.807, 2.05) is 24.4 Å². The zero-order chi connectivity index (χ0) is 11.9. The Hall–Kier alpha value is -1.67. The van der Waals surface area contributed by atoms with Crippen LogP contribution in [0.1, 0.15) is 18.2 Å². The second-order valence-electron chi connectivity index (χ2n) is 4.29. The molecular weight excluding hydrogens is 208 g/mol. The van der Waals surface area contributed by atoms with Gasteiger partial charge in [0, 0.05) is 30.9 Å². The molecule has 88 valence electrons. The van der Waals surface area contributed by atoms with Gasteiger partial charge in [-0.1, -0.05) is 36.4 Å². The van der Waals surface area contributed by atoms with E-state index in [-0.39, 0.29) is 0 Å². The van der Waals surface area contributed by atoms with Crippen LogP contribution in [-0.4, -0.2) is 11.0 Å². The van der Waals surface area contributed by atoms with Crippen LogP contribution >= 0.6 is 0 Å². The van der Waals surface area contributed by atoms with Gasteiger partial charge >= 0.3 is 0 Å². The van der Waals surface area contributed by atoms with E-state index in [1.54, 1.807) is 0 Å². The van der Waals surface area contributed by atoms with Crippen molar-refractivity contribution >= 4 is 0 Å². The van der Waals surface area contributed by atoms with Crippen molar-refractivity contribution in [3.05, 3.63) is 66.0 Å². The Bertz CT molecular complexity index is 425. The molecule has 0 bridgehead atoms. The van der Waals surface area contributed by atoms with E-state index in [0.717, 1.165) is 18.7 Å². The molecule has 0 spiro atoms. The van der Waals surface area contributed by atoms with Crippen LogP contribution in [-0.2, 0) is 13.0 Å². The van der Waals surface area contributed by atoms with Gasteiger partial charge in [-0.15, -0.1) is 0 Å². The summed E-state index contributed by atoms with van der Waals surface area (Å²) in [5.41, 5.74) is 2.46. The van der Waals surface area contributed by atoms with Gasteiger partial charge in [0.1, 0.15) is 0 Å². The molecule has 17 heavy (non-hydrogen) atoms. The van der Waals surface area contributed by atoms with E-state index in [0.29, 0.717) is 6.04 Å². The number of pyridine rings is 1. The van der Waals surface area contributed by atoms with E-state index < -0.39 is 0 Å². The molecule has 0 aliphatic rings. The zero-order valence-electron chi connectivity index (χ0n) is 10.1. The van der Waals surface area contributed by atoms with Crippen LogP contribution in [0.3, 0.4) is 0 Å². The lowest BCUT2D eigenvalue weighted by Gasteiger charge is -2.13. The summed E-state index contributed by atoms with van der Waals surface area (Å²) in [5, 5.41) is 3.51. The first kappa shape index (κ1) is 11.8. The highest BCUT2D eigenvalue weighted by atomic mass is 14.9. The van der Waals surface area contributed by atoms with Crippen molar-refractivity contribution in [2.24, 2.45) is 0 Å². The lowest BCUT2D eigenvalue weighted by molar-refractivity contribution is 0.540. The third kappa shape index (κ3) is 4.00. The van der Waals surface area contributed by atoms with Crippen molar-refractivity contribution in [2.75, 3.05) is 0 Å². The maximum Gasteiger partial charge on any atom is 0.0419 e. The fraction of sp³-hybridized carbons (Fsp3) is 0.267. The molecule has 0 saturated heterocycles. The quantitative estimate of drug-likeness (QED) is 0.848. The largest absolute Gasteiger partial charge is 0.310 e. The number of hydrogen-bond donors (Lipinski definition) is 1. The third-order valence-corrected chi connectivity index (χ3v) is 2.74. The highest BCUT2D eigenvalue weighted by Gasteiger charge is 2.03. The summed E-state index contributed by atoms with van der Waals surface area (Å²) in [6.07, 6.45) is 2.81. The SMILES string of the molecule is C[C@@H](Cc1ccccn1)NCc1ccccc1. The van der Waals surface area contributed by atoms with Crippen LogP contribution in [0.15, 0.2) is 54.7 Å². The molecule has 0 saturated carbocycles. The Balaban J connectivity index is 1.80. The summed E-state index contributed by atoms with van der Waals surface area (Å²) in [7, 11) is 0. The van der Waals surface area contributed by atoms with Crippen molar-refractivity contribution < 1.29 is 0 Å². The van der Waals surface area contributed by atoms with E-state index >= 15 is 0 Å². The van der Waals surface area contributed by atoms with Crippen molar-refractivity contribution in [1.82, 2.24) is 10.3 Å². The number of hydrogen-bond acceptors (Lipinski definition) is 2. The molecule has 1 heterocycles. The summed E-state index contributed by atoms with van der Waals surface area (Å²) in [5.74, 6) is 0. The average molecular weight is 226 g/mol. The normalized spacial score (nSPS) is 12.3. The molecule has 0 aliphatic heterocycles. The second-order valence-corrected chi connectivity index (χ2v) is 4.29. The molecule has 0 radical (unpaired) electrons. The first-order valence-corrected chi connectivity index (χ1v) is 6.02. The number of benzene rings is 1. The van der Waals surface area contributed by atoms with Crippen LogP contribution in [0.2, 0.25) is 0 Å². The van der Waals surface area contributed by atoms with E-state index in [4.69, 9.17) is 0 Å². The van der Waals surface area contributed by atoms with Crippen LogP contribution in [0.5, 0.6) is 0 Å². The number of nitrogens with one attached hydrogen (secondary N) is 1. The maximum absolute atomic E-state index is 4.33. The van der Waals surface area contributed by atoms with Gasteiger partial charge in [0.15, 0.2) is 0 Å². The number of nitrogens with zero attached hydrogens (tertiary/aromatic N) is 1. The fourth-order valence-electron chi connectivity index (χ4n) is 1.79. The Kier molecular flexibility index (Phi) is 4.28. The molecule has 2 aromatic rings. The topological polar surface area (TPSA) is 24.9 Å². The monoisotopic (exact) mass is 226 g/mol.